The summed E-state index contributed by atoms with van der Waals surface area (Å²) in [4.78, 5) is -0.0644. The first-order valence-electron chi connectivity index (χ1n) is 9.24. The molecule has 0 saturated heterocycles. The monoisotopic (exact) mass is 517 g/mol. The van der Waals surface area contributed by atoms with Gasteiger partial charge in [-0.25, -0.2) is 8.42 Å². The van der Waals surface area contributed by atoms with E-state index in [0.717, 1.165) is 5.56 Å². The number of benzene rings is 3. The number of rotatable bonds is 8. The molecule has 0 aliphatic heterocycles. The second-order valence-electron chi connectivity index (χ2n) is 7.10. The molecule has 0 bridgehead atoms. The van der Waals surface area contributed by atoms with Crippen molar-refractivity contribution >= 4 is 56.4 Å². The Morgan fingerprint density at radius 3 is 2.10 bits per heavy atom. The summed E-state index contributed by atoms with van der Waals surface area (Å²) in [6.45, 7) is 1.65. The van der Waals surface area contributed by atoms with E-state index in [1.165, 1.54) is 18.2 Å². The number of nitrogens with one attached hydrogen (secondary N) is 1. The van der Waals surface area contributed by atoms with Gasteiger partial charge in [0.1, 0.15) is 5.75 Å². The maximum Gasteiger partial charge on any atom is 0.243 e. The molecule has 164 valence electrons. The number of sulfonamides is 1. The van der Waals surface area contributed by atoms with Gasteiger partial charge >= 0.3 is 0 Å². The van der Waals surface area contributed by atoms with Crippen LogP contribution in [0.4, 0.5) is 0 Å². The lowest BCUT2D eigenvalue weighted by atomic mass is 10.0. The van der Waals surface area contributed by atoms with Gasteiger partial charge in [0.05, 0.1) is 9.92 Å². The fourth-order valence-corrected chi connectivity index (χ4v) is 5.30. The molecule has 3 aromatic rings. The molecular formula is C22H19Cl4NO3S. The summed E-state index contributed by atoms with van der Waals surface area (Å²) < 4.78 is 35.0. The van der Waals surface area contributed by atoms with Crippen LogP contribution in [0.25, 0.3) is 0 Å². The van der Waals surface area contributed by atoms with Gasteiger partial charge in [0.2, 0.25) is 10.0 Å². The Morgan fingerprint density at radius 1 is 0.871 bits per heavy atom. The number of aryl methyl sites for hydroxylation is 1. The summed E-state index contributed by atoms with van der Waals surface area (Å²) in [6, 6.07) is 18.3. The van der Waals surface area contributed by atoms with Gasteiger partial charge in [-0.1, -0.05) is 70.7 Å². The van der Waals surface area contributed by atoms with Crippen LogP contribution in [-0.2, 0) is 16.4 Å². The topological polar surface area (TPSA) is 55.4 Å². The van der Waals surface area contributed by atoms with Crippen molar-refractivity contribution in [3.63, 3.8) is 0 Å². The number of ether oxygens (including phenoxy) is 1. The van der Waals surface area contributed by atoms with E-state index in [1.807, 2.05) is 12.1 Å². The summed E-state index contributed by atoms with van der Waals surface area (Å²) in [6.07, 6.45) is 0.838. The Balaban J connectivity index is 1.91. The fraction of sp³-hybridized carbons (Fsp3) is 0.182. The van der Waals surface area contributed by atoms with Gasteiger partial charge in [-0.3, -0.25) is 0 Å². The molecule has 0 amide bonds. The van der Waals surface area contributed by atoms with Gasteiger partial charge in [-0.05, 0) is 61.4 Å². The summed E-state index contributed by atoms with van der Waals surface area (Å²) in [5.74, 6) is 0.356. The van der Waals surface area contributed by atoms with E-state index < -0.39 is 15.7 Å². The van der Waals surface area contributed by atoms with Crippen LogP contribution in [0.1, 0.15) is 18.9 Å². The Kier molecular flexibility index (Phi) is 7.79. The van der Waals surface area contributed by atoms with E-state index in [1.54, 1.807) is 43.3 Å². The Morgan fingerprint density at radius 2 is 1.48 bits per heavy atom. The van der Waals surface area contributed by atoms with Gasteiger partial charge in [-0.15, -0.1) is 0 Å². The maximum atomic E-state index is 13.1. The van der Waals surface area contributed by atoms with E-state index in [4.69, 9.17) is 51.1 Å². The highest BCUT2D eigenvalue weighted by molar-refractivity contribution is 7.89. The van der Waals surface area contributed by atoms with Crippen molar-refractivity contribution in [3.05, 3.63) is 92.4 Å². The lowest BCUT2D eigenvalue weighted by Gasteiger charge is -2.32. The normalized spacial score (nSPS) is 13.6. The van der Waals surface area contributed by atoms with Crippen LogP contribution in [0.2, 0.25) is 20.1 Å². The van der Waals surface area contributed by atoms with Gasteiger partial charge in [0.15, 0.2) is 5.72 Å². The molecule has 4 nitrogen and oxygen atoms in total. The first-order valence-corrected chi connectivity index (χ1v) is 12.2. The zero-order chi connectivity index (χ0) is 22.6. The van der Waals surface area contributed by atoms with Crippen molar-refractivity contribution in [1.29, 1.82) is 0 Å². The molecule has 0 fully saturated rings. The Bertz CT molecular complexity index is 1150. The van der Waals surface area contributed by atoms with Gasteiger partial charge in [0.25, 0.3) is 0 Å². The van der Waals surface area contributed by atoms with E-state index >= 15 is 0 Å². The van der Waals surface area contributed by atoms with Crippen LogP contribution < -0.4 is 9.46 Å². The van der Waals surface area contributed by atoms with Crippen LogP contribution >= 0.6 is 46.4 Å². The minimum absolute atomic E-state index is 0.0644. The first-order chi connectivity index (χ1) is 14.6. The third-order valence-electron chi connectivity index (χ3n) is 4.47. The zero-order valence-electron chi connectivity index (χ0n) is 16.4. The molecule has 1 unspecified atom stereocenters. The predicted molar refractivity (Wildman–Crippen MR) is 127 cm³/mol. The molecule has 0 aromatic heterocycles. The highest BCUT2D eigenvalue weighted by Crippen LogP contribution is 2.30. The predicted octanol–water partition coefficient (Wildman–Crippen LogP) is 7.01. The molecular weight excluding hydrogens is 500 g/mol. The van der Waals surface area contributed by atoms with Crippen LogP contribution in [-0.4, -0.2) is 14.1 Å². The third-order valence-corrected chi connectivity index (χ3v) is 7.03. The first kappa shape index (κ1) is 24.2. The molecule has 0 heterocycles. The second-order valence-corrected chi connectivity index (χ2v) is 10.5. The molecule has 0 aliphatic rings. The number of hydrogen-bond donors (Lipinski definition) is 1. The van der Waals surface area contributed by atoms with Crippen LogP contribution in [0.3, 0.4) is 0 Å². The molecule has 0 spiro atoms. The maximum absolute atomic E-state index is 13.1. The number of halogens is 4. The minimum Gasteiger partial charge on any atom is -0.471 e. The molecule has 3 aromatic carbocycles. The van der Waals surface area contributed by atoms with E-state index in [-0.39, 0.29) is 14.9 Å². The standard InChI is InChI=1S/C22H19Cl4NO3S/c1-22(30-21-5-3-2-4-20(21)26,11-10-15-6-8-16(23)9-7-15)27-31(28,29)19-13-17(24)12-18(25)14-19/h2-9,12-14,27H,10-11H2,1H3. The quantitative estimate of drug-likeness (QED) is 0.326. The summed E-state index contributed by atoms with van der Waals surface area (Å²) in [5.41, 5.74) is -0.346. The van der Waals surface area contributed by atoms with Crippen molar-refractivity contribution in [2.75, 3.05) is 0 Å². The molecule has 1 atom stereocenters. The fourth-order valence-electron chi connectivity index (χ4n) is 2.95. The Hall–Kier alpha value is -1.47. The van der Waals surface area contributed by atoms with Crippen LogP contribution in [0.15, 0.2) is 71.6 Å². The van der Waals surface area contributed by atoms with Crippen LogP contribution in [0.5, 0.6) is 5.75 Å². The van der Waals surface area contributed by atoms with Gasteiger partial charge < -0.3 is 4.74 Å². The average molecular weight is 519 g/mol. The molecule has 9 heteroatoms. The zero-order valence-corrected chi connectivity index (χ0v) is 20.3. The third kappa shape index (κ3) is 6.75. The molecule has 31 heavy (non-hydrogen) atoms. The smallest absolute Gasteiger partial charge is 0.243 e. The number of para-hydroxylation sites is 1. The number of hydrogen-bond acceptors (Lipinski definition) is 3. The summed E-state index contributed by atoms with van der Waals surface area (Å²) >= 11 is 24.2. The lowest BCUT2D eigenvalue weighted by molar-refractivity contribution is 0.0678. The molecule has 0 saturated carbocycles. The summed E-state index contributed by atoms with van der Waals surface area (Å²) in [7, 11) is -4.02. The van der Waals surface area contributed by atoms with Crippen molar-refractivity contribution in [1.82, 2.24) is 4.72 Å². The van der Waals surface area contributed by atoms with Crippen LogP contribution in [0, 0.1) is 0 Å². The largest absolute Gasteiger partial charge is 0.471 e. The van der Waals surface area contributed by atoms with Crippen molar-refractivity contribution in [3.8, 4) is 5.75 Å². The molecule has 0 radical (unpaired) electrons. The van der Waals surface area contributed by atoms with Crippen molar-refractivity contribution < 1.29 is 13.2 Å². The van der Waals surface area contributed by atoms with Gasteiger partial charge in [-0.2, -0.15) is 4.72 Å². The van der Waals surface area contributed by atoms with E-state index in [0.29, 0.717) is 28.6 Å². The SMILES string of the molecule is CC(CCc1ccc(Cl)cc1)(NS(=O)(=O)c1cc(Cl)cc(Cl)c1)Oc1ccccc1Cl. The highest BCUT2D eigenvalue weighted by atomic mass is 35.5. The highest BCUT2D eigenvalue weighted by Gasteiger charge is 2.33. The van der Waals surface area contributed by atoms with E-state index in [9.17, 15) is 8.42 Å². The Labute approximate surface area is 202 Å². The average Bonchev–Trinajstić information content (AvgIpc) is 2.68. The van der Waals surface area contributed by atoms with E-state index in [2.05, 4.69) is 4.72 Å². The van der Waals surface area contributed by atoms with Gasteiger partial charge in [0, 0.05) is 21.5 Å². The molecule has 3 rings (SSSR count). The lowest BCUT2D eigenvalue weighted by Crippen LogP contribution is -2.50. The van der Waals surface area contributed by atoms with Crippen molar-refractivity contribution in [2.24, 2.45) is 0 Å². The van der Waals surface area contributed by atoms with Crippen molar-refractivity contribution in [2.45, 2.75) is 30.4 Å². The molecule has 0 aliphatic carbocycles. The summed E-state index contributed by atoms with van der Waals surface area (Å²) in [5, 5.41) is 1.41. The second kappa shape index (κ2) is 9.99. The minimum atomic E-state index is -4.02. The molecule has 1 N–H and O–H groups in total.